The Morgan fingerprint density at radius 1 is 1.40 bits per heavy atom. The number of amides is 1. The predicted molar refractivity (Wildman–Crippen MR) is 92.1 cm³/mol. The van der Waals surface area contributed by atoms with Crippen molar-refractivity contribution >= 4 is 28.4 Å². The molecule has 25 heavy (non-hydrogen) atoms. The van der Waals surface area contributed by atoms with E-state index in [0.29, 0.717) is 36.3 Å². The summed E-state index contributed by atoms with van der Waals surface area (Å²) in [7, 11) is 0. The summed E-state index contributed by atoms with van der Waals surface area (Å²) >= 11 is 6.21. The smallest absolute Gasteiger partial charge is 0.249 e. The first-order chi connectivity index (χ1) is 12.0. The van der Waals surface area contributed by atoms with Gasteiger partial charge >= 0.3 is 0 Å². The quantitative estimate of drug-likeness (QED) is 0.781. The average Bonchev–Trinajstić information content (AvgIpc) is 3.12. The second kappa shape index (κ2) is 5.43. The number of fused-ring (bicyclic) bond motifs is 2. The zero-order chi connectivity index (χ0) is 17.2. The van der Waals surface area contributed by atoms with Gasteiger partial charge in [-0.05, 0) is 55.2 Å². The molecule has 5 rings (SSSR count). The van der Waals surface area contributed by atoms with Crippen molar-refractivity contribution in [1.82, 2.24) is 15.5 Å². The maximum Gasteiger partial charge on any atom is 0.249 e. The number of nitrogens with one attached hydrogen (secondary N) is 2. The van der Waals surface area contributed by atoms with Crippen LogP contribution in [0.1, 0.15) is 31.2 Å². The summed E-state index contributed by atoms with van der Waals surface area (Å²) in [5.74, 6) is 0.632. The number of benzene rings is 1. The topological polar surface area (TPSA) is 87.2 Å². The van der Waals surface area contributed by atoms with Gasteiger partial charge in [-0.1, -0.05) is 11.6 Å². The summed E-state index contributed by atoms with van der Waals surface area (Å²) in [5, 5.41) is 22.8. The standard InChI is InChI=1S/C18H20ClN3O3/c19-9-4-13(12-8-20-22-14(12)5-9)18(24)6-10-11(7-18)16(10)21-17(23)15-2-1-3-25-15/h4-5,8,10-11,15-16,24H,1-3,6-7H2,(H,20,22)(H,21,23). The molecule has 7 heteroatoms. The Kier molecular flexibility index (Phi) is 3.39. The first-order valence-corrected chi connectivity index (χ1v) is 9.20. The summed E-state index contributed by atoms with van der Waals surface area (Å²) in [6.07, 6.45) is 4.46. The monoisotopic (exact) mass is 361 g/mol. The first kappa shape index (κ1) is 15.6. The van der Waals surface area contributed by atoms with Crippen molar-refractivity contribution < 1.29 is 14.6 Å². The van der Waals surface area contributed by atoms with Gasteiger partial charge in [0.05, 0.1) is 17.3 Å². The predicted octanol–water partition coefficient (Wildman–Crippen LogP) is 2.11. The molecule has 0 bridgehead atoms. The fourth-order valence-electron chi connectivity index (χ4n) is 4.74. The van der Waals surface area contributed by atoms with E-state index in [1.54, 1.807) is 6.20 Å². The Hall–Kier alpha value is -1.63. The van der Waals surface area contributed by atoms with Gasteiger partial charge in [0, 0.05) is 23.1 Å². The summed E-state index contributed by atoms with van der Waals surface area (Å²) in [5.41, 5.74) is 0.757. The largest absolute Gasteiger partial charge is 0.385 e. The zero-order valence-corrected chi connectivity index (χ0v) is 14.4. The van der Waals surface area contributed by atoms with Gasteiger partial charge in [0.1, 0.15) is 6.10 Å². The Morgan fingerprint density at radius 3 is 2.92 bits per heavy atom. The fourth-order valence-corrected chi connectivity index (χ4v) is 4.96. The third-order valence-corrected chi connectivity index (χ3v) is 6.25. The van der Waals surface area contributed by atoms with Crippen LogP contribution in [0, 0.1) is 11.8 Å². The molecule has 132 valence electrons. The molecule has 0 radical (unpaired) electrons. The van der Waals surface area contributed by atoms with Crippen LogP contribution in [0.4, 0.5) is 0 Å². The molecule has 2 heterocycles. The molecule has 1 aromatic heterocycles. The minimum absolute atomic E-state index is 0.000389. The van der Waals surface area contributed by atoms with Gasteiger partial charge in [0.15, 0.2) is 0 Å². The van der Waals surface area contributed by atoms with E-state index < -0.39 is 5.60 Å². The number of hydrogen-bond donors (Lipinski definition) is 3. The summed E-state index contributed by atoms with van der Waals surface area (Å²) in [4.78, 5) is 12.2. The van der Waals surface area contributed by atoms with Crippen LogP contribution in [-0.4, -0.2) is 40.0 Å². The summed E-state index contributed by atoms with van der Waals surface area (Å²) in [6, 6.07) is 3.82. The van der Waals surface area contributed by atoms with Crippen molar-refractivity contribution in [1.29, 1.82) is 0 Å². The van der Waals surface area contributed by atoms with Crippen LogP contribution in [-0.2, 0) is 15.1 Å². The Morgan fingerprint density at radius 2 is 2.20 bits per heavy atom. The molecule has 1 aliphatic heterocycles. The molecule has 3 N–H and O–H groups in total. The maximum absolute atomic E-state index is 12.2. The van der Waals surface area contributed by atoms with E-state index in [4.69, 9.17) is 16.3 Å². The van der Waals surface area contributed by atoms with Crippen molar-refractivity contribution in [3.63, 3.8) is 0 Å². The third-order valence-electron chi connectivity index (χ3n) is 6.03. The Bertz CT molecular complexity index is 833. The number of ether oxygens (including phenoxy) is 1. The highest BCUT2D eigenvalue weighted by atomic mass is 35.5. The lowest BCUT2D eigenvalue weighted by Gasteiger charge is -2.27. The van der Waals surface area contributed by atoms with E-state index in [1.807, 2.05) is 12.1 Å². The lowest BCUT2D eigenvalue weighted by atomic mass is 9.86. The van der Waals surface area contributed by atoms with Crippen molar-refractivity contribution in [3.05, 3.63) is 28.9 Å². The van der Waals surface area contributed by atoms with Gasteiger partial charge in [-0.25, -0.2) is 0 Å². The molecule has 3 atom stereocenters. The average molecular weight is 362 g/mol. The second-order valence-corrected chi connectivity index (χ2v) is 8.02. The van der Waals surface area contributed by atoms with Crippen LogP contribution < -0.4 is 5.32 Å². The fraction of sp³-hybridized carbons (Fsp3) is 0.556. The lowest BCUT2D eigenvalue weighted by molar-refractivity contribution is -0.130. The molecule has 6 nitrogen and oxygen atoms in total. The number of aromatic nitrogens is 2. The number of aromatic amines is 1. The zero-order valence-electron chi connectivity index (χ0n) is 13.7. The highest BCUT2D eigenvalue weighted by Gasteiger charge is 2.62. The molecule has 2 aliphatic carbocycles. The van der Waals surface area contributed by atoms with Gasteiger partial charge in [-0.2, -0.15) is 5.10 Å². The van der Waals surface area contributed by atoms with Crippen LogP contribution in [0.5, 0.6) is 0 Å². The van der Waals surface area contributed by atoms with E-state index in [0.717, 1.165) is 29.3 Å². The molecule has 2 saturated carbocycles. The van der Waals surface area contributed by atoms with E-state index in [2.05, 4.69) is 15.5 Å². The van der Waals surface area contributed by atoms with E-state index in [9.17, 15) is 9.90 Å². The number of H-pyrrole nitrogens is 1. The molecule has 3 unspecified atom stereocenters. The van der Waals surface area contributed by atoms with Gasteiger partial charge in [-0.3, -0.25) is 9.89 Å². The molecule has 1 amide bonds. The Labute approximate surface area is 149 Å². The summed E-state index contributed by atoms with van der Waals surface area (Å²) in [6.45, 7) is 0.671. The SMILES string of the molecule is O=C(NC1C2CC(O)(c3cc(Cl)cc4[nH]ncc34)CC21)C1CCCO1. The van der Waals surface area contributed by atoms with E-state index in [1.165, 1.54) is 0 Å². The minimum atomic E-state index is -0.909. The number of hydrogen-bond acceptors (Lipinski definition) is 4. The molecule has 1 saturated heterocycles. The number of nitrogens with zero attached hydrogens (tertiary/aromatic N) is 1. The van der Waals surface area contributed by atoms with Crippen molar-refractivity contribution in [3.8, 4) is 0 Å². The number of carbonyl (C=O) groups excluding carboxylic acids is 1. The number of carbonyl (C=O) groups is 1. The molecule has 0 spiro atoms. The van der Waals surface area contributed by atoms with Crippen molar-refractivity contribution in [2.45, 2.75) is 43.4 Å². The van der Waals surface area contributed by atoms with Crippen molar-refractivity contribution in [2.24, 2.45) is 11.8 Å². The molecule has 3 fully saturated rings. The Balaban J connectivity index is 1.32. The molecule has 3 aliphatic rings. The summed E-state index contributed by atoms with van der Waals surface area (Å²) < 4.78 is 5.44. The van der Waals surface area contributed by atoms with Crippen LogP contribution in [0.3, 0.4) is 0 Å². The molecule has 2 aromatic rings. The number of rotatable bonds is 3. The van der Waals surface area contributed by atoms with Crippen LogP contribution >= 0.6 is 11.6 Å². The van der Waals surface area contributed by atoms with E-state index >= 15 is 0 Å². The number of halogens is 1. The van der Waals surface area contributed by atoms with Crippen LogP contribution in [0.15, 0.2) is 18.3 Å². The second-order valence-electron chi connectivity index (χ2n) is 7.59. The van der Waals surface area contributed by atoms with Gasteiger partial charge in [0.2, 0.25) is 5.91 Å². The van der Waals surface area contributed by atoms with Crippen molar-refractivity contribution in [2.75, 3.05) is 6.61 Å². The lowest BCUT2D eigenvalue weighted by Crippen LogP contribution is -2.39. The maximum atomic E-state index is 12.2. The molecular formula is C18H20ClN3O3. The first-order valence-electron chi connectivity index (χ1n) is 8.83. The van der Waals surface area contributed by atoms with Gasteiger partial charge in [-0.15, -0.1) is 0 Å². The van der Waals surface area contributed by atoms with Crippen LogP contribution in [0.25, 0.3) is 10.9 Å². The molecule has 1 aromatic carbocycles. The molecular weight excluding hydrogens is 342 g/mol. The van der Waals surface area contributed by atoms with Crippen LogP contribution in [0.2, 0.25) is 5.02 Å². The third kappa shape index (κ3) is 2.46. The number of aliphatic hydroxyl groups is 1. The highest BCUT2D eigenvalue weighted by Crippen LogP contribution is 2.60. The normalized spacial score (nSPS) is 36.6. The highest BCUT2D eigenvalue weighted by molar-refractivity contribution is 6.31. The minimum Gasteiger partial charge on any atom is -0.385 e. The van der Waals surface area contributed by atoms with E-state index in [-0.39, 0.29) is 18.1 Å². The van der Waals surface area contributed by atoms with Gasteiger partial charge < -0.3 is 15.2 Å². The van der Waals surface area contributed by atoms with Gasteiger partial charge in [0.25, 0.3) is 0 Å².